The molecule has 19 heavy (non-hydrogen) atoms. The number of hydrogen-bond donors (Lipinski definition) is 1. The Bertz CT molecular complexity index is 259. The van der Waals surface area contributed by atoms with Gasteiger partial charge in [-0.1, -0.05) is 51.9 Å². The molecule has 0 aliphatic heterocycles. The fourth-order valence-corrected chi connectivity index (χ4v) is 2.27. The highest BCUT2D eigenvalue weighted by Crippen LogP contribution is 2.22. The molecule has 112 valence electrons. The first-order chi connectivity index (χ1) is 9.01. The van der Waals surface area contributed by atoms with Crippen molar-refractivity contribution >= 4 is 11.8 Å². The lowest BCUT2D eigenvalue weighted by Crippen LogP contribution is -2.47. The summed E-state index contributed by atoms with van der Waals surface area (Å²) in [5, 5.41) is 9.15. The highest BCUT2D eigenvalue weighted by atomic mass is 16.5. The molecule has 0 amide bonds. The van der Waals surface area contributed by atoms with E-state index in [4.69, 9.17) is 9.84 Å². The van der Waals surface area contributed by atoms with Gasteiger partial charge in [-0.25, -0.2) is 4.79 Å². The van der Waals surface area contributed by atoms with Gasteiger partial charge in [-0.15, -0.1) is 0 Å². The molecule has 0 saturated heterocycles. The van der Waals surface area contributed by atoms with Crippen molar-refractivity contribution in [1.82, 2.24) is 0 Å². The summed E-state index contributed by atoms with van der Waals surface area (Å²) in [6.45, 7) is 3.47. The summed E-state index contributed by atoms with van der Waals surface area (Å²) in [5.41, 5.74) is -1.64. The van der Waals surface area contributed by atoms with Crippen LogP contribution >= 0.6 is 0 Å². The van der Waals surface area contributed by atoms with Crippen molar-refractivity contribution in [2.24, 2.45) is 0 Å². The van der Waals surface area contributed by atoms with Crippen molar-refractivity contribution in [3.63, 3.8) is 0 Å². The number of unbranched alkanes of at least 4 members (excludes halogenated alkanes) is 7. The van der Waals surface area contributed by atoms with E-state index in [0.717, 1.165) is 12.8 Å². The van der Waals surface area contributed by atoms with Gasteiger partial charge >= 0.3 is 5.97 Å². The Hall–Kier alpha value is -0.900. The molecule has 0 spiro atoms. The first-order valence-corrected chi connectivity index (χ1v) is 7.30. The largest absolute Gasteiger partial charge is 0.479 e. The number of Topliss-reactive ketones (excluding diaryl/α,β-unsaturated/α-hetero) is 1. The molecular weight excluding hydrogens is 244 g/mol. The van der Waals surface area contributed by atoms with Crippen LogP contribution in [0.3, 0.4) is 0 Å². The zero-order valence-corrected chi connectivity index (χ0v) is 12.5. The lowest BCUT2D eigenvalue weighted by Gasteiger charge is -2.24. The van der Waals surface area contributed by atoms with Crippen molar-refractivity contribution in [2.45, 2.75) is 77.2 Å². The SMILES string of the molecule is CCCCCCCCCCC(OC)(C(C)=O)C(=O)O. The van der Waals surface area contributed by atoms with Gasteiger partial charge < -0.3 is 9.84 Å². The molecule has 0 bridgehead atoms. The second-order valence-corrected chi connectivity index (χ2v) is 5.12. The van der Waals surface area contributed by atoms with Gasteiger partial charge in [0.25, 0.3) is 0 Å². The Kier molecular flexibility index (Phi) is 9.48. The highest BCUT2D eigenvalue weighted by molar-refractivity contribution is 6.05. The number of carbonyl (C=O) groups excluding carboxylic acids is 1. The Morgan fingerprint density at radius 2 is 1.47 bits per heavy atom. The Morgan fingerprint density at radius 1 is 1.00 bits per heavy atom. The van der Waals surface area contributed by atoms with E-state index in [1.54, 1.807) is 0 Å². The van der Waals surface area contributed by atoms with E-state index in [1.807, 2.05) is 0 Å². The molecule has 0 heterocycles. The molecule has 1 atom stereocenters. The molecule has 0 saturated carbocycles. The number of carboxylic acid groups (broad SMARTS) is 1. The molecule has 4 nitrogen and oxygen atoms in total. The van der Waals surface area contributed by atoms with Crippen LogP contribution in [0.5, 0.6) is 0 Å². The number of rotatable bonds is 12. The molecule has 0 rings (SSSR count). The topological polar surface area (TPSA) is 63.6 Å². The van der Waals surface area contributed by atoms with Gasteiger partial charge in [0.15, 0.2) is 5.78 Å². The molecule has 0 aromatic carbocycles. The number of methoxy groups -OCH3 is 1. The Balaban J connectivity index is 3.89. The third kappa shape index (κ3) is 6.19. The van der Waals surface area contributed by atoms with Crippen molar-refractivity contribution in [2.75, 3.05) is 7.11 Å². The predicted octanol–water partition coefficient (Wildman–Crippen LogP) is 3.58. The van der Waals surface area contributed by atoms with Gasteiger partial charge in [0, 0.05) is 7.11 Å². The maximum atomic E-state index is 11.5. The van der Waals surface area contributed by atoms with Crippen LogP contribution in [0.2, 0.25) is 0 Å². The monoisotopic (exact) mass is 272 g/mol. The van der Waals surface area contributed by atoms with Gasteiger partial charge in [0.05, 0.1) is 0 Å². The van der Waals surface area contributed by atoms with Crippen LogP contribution in [0, 0.1) is 0 Å². The second-order valence-electron chi connectivity index (χ2n) is 5.12. The van der Waals surface area contributed by atoms with E-state index in [-0.39, 0.29) is 6.42 Å². The lowest BCUT2D eigenvalue weighted by molar-refractivity contribution is -0.169. The van der Waals surface area contributed by atoms with E-state index in [0.29, 0.717) is 6.42 Å². The maximum absolute atomic E-state index is 11.5. The summed E-state index contributed by atoms with van der Waals surface area (Å²) >= 11 is 0. The number of carbonyl (C=O) groups is 2. The molecule has 0 aromatic heterocycles. The molecule has 0 fully saturated rings. The maximum Gasteiger partial charge on any atom is 0.343 e. The zero-order valence-electron chi connectivity index (χ0n) is 12.5. The fourth-order valence-electron chi connectivity index (χ4n) is 2.27. The Labute approximate surface area is 116 Å². The molecule has 1 N–H and O–H groups in total. The summed E-state index contributed by atoms with van der Waals surface area (Å²) in [6.07, 6.45) is 9.28. The third-order valence-electron chi connectivity index (χ3n) is 3.65. The minimum absolute atomic E-state index is 0.267. The van der Waals surface area contributed by atoms with Crippen molar-refractivity contribution < 1.29 is 19.4 Å². The van der Waals surface area contributed by atoms with Crippen LogP contribution in [0.4, 0.5) is 0 Å². The van der Waals surface area contributed by atoms with Gasteiger partial charge in [0.1, 0.15) is 0 Å². The molecule has 0 radical (unpaired) electrons. The number of carboxylic acids is 1. The standard InChI is InChI=1S/C15H28O4/c1-4-5-6-7-8-9-10-11-12-15(19-3,13(2)16)14(17)18/h4-12H2,1-3H3,(H,17,18). The van der Waals surface area contributed by atoms with Gasteiger partial charge in [0.2, 0.25) is 5.60 Å². The van der Waals surface area contributed by atoms with Crippen LogP contribution < -0.4 is 0 Å². The summed E-state index contributed by atoms with van der Waals surface area (Å²) in [5.74, 6) is -1.60. The zero-order chi connectivity index (χ0) is 14.7. The van der Waals surface area contributed by atoms with Gasteiger partial charge in [-0.3, -0.25) is 4.79 Å². The van der Waals surface area contributed by atoms with E-state index >= 15 is 0 Å². The van der Waals surface area contributed by atoms with E-state index in [1.165, 1.54) is 46.1 Å². The first kappa shape index (κ1) is 18.1. The van der Waals surface area contributed by atoms with Gasteiger partial charge in [-0.2, -0.15) is 0 Å². The summed E-state index contributed by atoms with van der Waals surface area (Å²) in [7, 11) is 1.29. The lowest BCUT2D eigenvalue weighted by atomic mass is 9.91. The summed E-state index contributed by atoms with van der Waals surface area (Å²) in [4.78, 5) is 22.7. The number of ketones is 1. The van der Waals surface area contributed by atoms with Crippen LogP contribution in [-0.2, 0) is 14.3 Å². The minimum atomic E-state index is -1.64. The number of aliphatic carboxylic acids is 1. The van der Waals surface area contributed by atoms with E-state index < -0.39 is 17.4 Å². The van der Waals surface area contributed by atoms with Crippen molar-refractivity contribution in [1.29, 1.82) is 0 Å². The molecule has 4 heteroatoms. The average molecular weight is 272 g/mol. The van der Waals surface area contributed by atoms with Crippen LogP contribution in [0.25, 0.3) is 0 Å². The fraction of sp³-hybridized carbons (Fsp3) is 0.867. The van der Waals surface area contributed by atoms with E-state index in [2.05, 4.69) is 6.92 Å². The summed E-state index contributed by atoms with van der Waals surface area (Å²) < 4.78 is 4.97. The minimum Gasteiger partial charge on any atom is -0.479 e. The third-order valence-corrected chi connectivity index (χ3v) is 3.65. The Morgan fingerprint density at radius 3 is 1.84 bits per heavy atom. The number of hydrogen-bond acceptors (Lipinski definition) is 3. The van der Waals surface area contributed by atoms with Crippen molar-refractivity contribution in [3.05, 3.63) is 0 Å². The number of ether oxygens (including phenoxy) is 1. The predicted molar refractivity (Wildman–Crippen MR) is 75.3 cm³/mol. The molecular formula is C15H28O4. The second kappa shape index (κ2) is 9.96. The van der Waals surface area contributed by atoms with Crippen molar-refractivity contribution in [3.8, 4) is 0 Å². The van der Waals surface area contributed by atoms with Crippen LogP contribution in [0.15, 0.2) is 0 Å². The molecule has 0 aliphatic rings. The van der Waals surface area contributed by atoms with Crippen LogP contribution in [-0.4, -0.2) is 29.6 Å². The first-order valence-electron chi connectivity index (χ1n) is 7.30. The smallest absolute Gasteiger partial charge is 0.343 e. The molecule has 0 aromatic rings. The summed E-state index contributed by atoms with van der Waals surface area (Å²) in [6, 6.07) is 0. The molecule has 1 unspecified atom stereocenters. The van der Waals surface area contributed by atoms with E-state index in [9.17, 15) is 9.59 Å². The van der Waals surface area contributed by atoms with Gasteiger partial charge in [-0.05, 0) is 19.8 Å². The molecule has 0 aliphatic carbocycles. The van der Waals surface area contributed by atoms with Crippen LogP contribution in [0.1, 0.15) is 71.6 Å². The normalized spacial score (nSPS) is 14.1. The average Bonchev–Trinajstić information content (AvgIpc) is 2.36. The highest BCUT2D eigenvalue weighted by Gasteiger charge is 2.43. The quantitative estimate of drug-likeness (QED) is 0.435.